The van der Waals surface area contributed by atoms with Gasteiger partial charge in [-0.05, 0) is 61.2 Å². The first-order valence-electron chi connectivity index (χ1n) is 7.05. The van der Waals surface area contributed by atoms with E-state index in [-0.39, 0.29) is 5.60 Å². The molecule has 3 fully saturated rings. The van der Waals surface area contributed by atoms with E-state index in [0.29, 0.717) is 5.41 Å². The third-order valence-corrected chi connectivity index (χ3v) is 6.11. The summed E-state index contributed by atoms with van der Waals surface area (Å²) in [5.74, 6) is 4.31. The van der Waals surface area contributed by atoms with E-state index in [2.05, 4.69) is 27.7 Å². The third-order valence-electron chi connectivity index (χ3n) is 6.11. The van der Waals surface area contributed by atoms with Crippen LogP contribution in [0.25, 0.3) is 0 Å². The predicted octanol–water partition coefficient (Wildman–Crippen LogP) is 3.47. The summed E-state index contributed by atoms with van der Waals surface area (Å²) >= 11 is 0. The van der Waals surface area contributed by atoms with Gasteiger partial charge < -0.3 is 5.11 Å². The Morgan fingerprint density at radius 3 is 2.44 bits per heavy atom. The zero-order valence-corrected chi connectivity index (χ0v) is 11.2. The van der Waals surface area contributed by atoms with Gasteiger partial charge in [0, 0.05) is 0 Å². The Morgan fingerprint density at radius 2 is 1.75 bits per heavy atom. The second-order valence-corrected chi connectivity index (χ2v) is 7.75. The molecule has 0 unspecified atom stereocenters. The van der Waals surface area contributed by atoms with Crippen molar-refractivity contribution < 1.29 is 5.11 Å². The molecule has 0 amide bonds. The Kier molecular flexibility index (Phi) is 2.11. The van der Waals surface area contributed by atoms with Crippen molar-refractivity contribution in [2.75, 3.05) is 0 Å². The lowest BCUT2D eigenvalue weighted by Gasteiger charge is -2.30. The van der Waals surface area contributed by atoms with E-state index in [1.54, 1.807) is 0 Å². The Balaban J connectivity index is 1.93. The van der Waals surface area contributed by atoms with Gasteiger partial charge in [-0.1, -0.05) is 27.2 Å². The number of hydrogen-bond donors (Lipinski definition) is 1. The molecule has 92 valence electrons. The quantitative estimate of drug-likeness (QED) is 0.665. The van der Waals surface area contributed by atoms with Crippen LogP contribution in [0.3, 0.4) is 0 Å². The van der Waals surface area contributed by atoms with Crippen molar-refractivity contribution >= 4 is 0 Å². The van der Waals surface area contributed by atoms with Gasteiger partial charge in [-0.15, -0.1) is 0 Å². The standard InChI is InChI=1S/C15H26O/c1-9-5-6-10-7-15(4,16)8-11-13(12(9)10)14(11,2)3/h9-13,16H,5-8H2,1-4H3/t9-,10-,11+,12+,13+,15+/m0/s1. The second kappa shape index (κ2) is 3.04. The van der Waals surface area contributed by atoms with Gasteiger partial charge in [0.05, 0.1) is 5.60 Å². The summed E-state index contributed by atoms with van der Waals surface area (Å²) in [7, 11) is 0. The summed E-state index contributed by atoms with van der Waals surface area (Å²) in [6, 6.07) is 0. The average Bonchev–Trinajstić information content (AvgIpc) is 2.50. The third kappa shape index (κ3) is 1.40. The smallest absolute Gasteiger partial charge is 0.0625 e. The molecule has 0 spiro atoms. The van der Waals surface area contributed by atoms with Crippen molar-refractivity contribution in [2.24, 2.45) is 35.0 Å². The Labute approximate surface area is 99.6 Å². The van der Waals surface area contributed by atoms with Crippen LogP contribution in [0.1, 0.15) is 53.4 Å². The van der Waals surface area contributed by atoms with Crippen LogP contribution < -0.4 is 0 Å². The maximum Gasteiger partial charge on any atom is 0.0625 e. The Hall–Kier alpha value is -0.0400. The summed E-state index contributed by atoms with van der Waals surface area (Å²) in [5, 5.41) is 10.5. The van der Waals surface area contributed by atoms with Crippen LogP contribution in [0, 0.1) is 35.0 Å². The lowest BCUT2D eigenvalue weighted by atomic mass is 9.79. The SMILES string of the molecule is C[C@H]1CC[C@H]2C[C@@](C)(O)C[C@@H]3[C@H]([C@@H]21)C3(C)C. The van der Waals surface area contributed by atoms with Gasteiger partial charge in [0.25, 0.3) is 0 Å². The minimum atomic E-state index is -0.389. The largest absolute Gasteiger partial charge is 0.390 e. The molecule has 3 aliphatic carbocycles. The topological polar surface area (TPSA) is 20.2 Å². The summed E-state index contributed by atoms with van der Waals surface area (Å²) in [4.78, 5) is 0. The molecule has 16 heavy (non-hydrogen) atoms. The molecular formula is C15H26O. The molecule has 0 saturated heterocycles. The highest BCUT2D eigenvalue weighted by molar-refractivity contribution is 5.14. The monoisotopic (exact) mass is 222 g/mol. The number of rotatable bonds is 0. The molecule has 3 rings (SSSR count). The molecule has 6 atom stereocenters. The molecule has 0 aliphatic heterocycles. The van der Waals surface area contributed by atoms with Crippen LogP contribution in [0.15, 0.2) is 0 Å². The Morgan fingerprint density at radius 1 is 1.06 bits per heavy atom. The fraction of sp³-hybridized carbons (Fsp3) is 1.00. The van der Waals surface area contributed by atoms with E-state index in [1.807, 2.05) is 0 Å². The van der Waals surface area contributed by atoms with Crippen molar-refractivity contribution in [3.8, 4) is 0 Å². The summed E-state index contributed by atoms with van der Waals surface area (Å²) in [6.45, 7) is 9.36. The van der Waals surface area contributed by atoms with Crippen LogP contribution in [0.4, 0.5) is 0 Å². The van der Waals surface area contributed by atoms with Crippen LogP contribution >= 0.6 is 0 Å². The van der Waals surface area contributed by atoms with E-state index in [0.717, 1.165) is 42.4 Å². The number of aliphatic hydroxyl groups is 1. The lowest BCUT2D eigenvalue weighted by Crippen LogP contribution is -2.29. The van der Waals surface area contributed by atoms with Crippen molar-refractivity contribution in [1.29, 1.82) is 0 Å². The highest BCUT2D eigenvalue weighted by Crippen LogP contribution is 2.71. The van der Waals surface area contributed by atoms with E-state index in [4.69, 9.17) is 0 Å². The fourth-order valence-electron chi connectivity index (χ4n) is 5.27. The van der Waals surface area contributed by atoms with Crippen molar-refractivity contribution in [3.05, 3.63) is 0 Å². The highest BCUT2D eigenvalue weighted by Gasteiger charge is 2.66. The van der Waals surface area contributed by atoms with Gasteiger partial charge in [-0.3, -0.25) is 0 Å². The normalized spacial score (nSPS) is 58.7. The Bertz CT molecular complexity index is 301. The summed E-state index contributed by atoms with van der Waals surface area (Å²) in [5.41, 5.74) is 0.117. The molecule has 0 heterocycles. The number of fused-ring (bicyclic) bond motifs is 3. The molecule has 0 aromatic carbocycles. The van der Waals surface area contributed by atoms with Gasteiger partial charge >= 0.3 is 0 Å². The van der Waals surface area contributed by atoms with Gasteiger partial charge in [0.1, 0.15) is 0 Å². The van der Waals surface area contributed by atoms with Crippen LogP contribution in [0.5, 0.6) is 0 Å². The van der Waals surface area contributed by atoms with Crippen LogP contribution in [-0.4, -0.2) is 10.7 Å². The van der Waals surface area contributed by atoms with Crippen LogP contribution in [0.2, 0.25) is 0 Å². The highest BCUT2D eigenvalue weighted by atomic mass is 16.3. The number of hydrogen-bond acceptors (Lipinski definition) is 1. The summed E-state index contributed by atoms with van der Waals surface area (Å²) in [6.07, 6.45) is 4.86. The molecule has 3 saturated carbocycles. The first kappa shape index (κ1) is 11.1. The maximum atomic E-state index is 10.5. The van der Waals surface area contributed by atoms with E-state index in [1.165, 1.54) is 12.8 Å². The van der Waals surface area contributed by atoms with Gasteiger partial charge in [0.15, 0.2) is 0 Å². The molecule has 0 aromatic rings. The molecule has 0 aromatic heterocycles. The van der Waals surface area contributed by atoms with Gasteiger partial charge in [0.2, 0.25) is 0 Å². The van der Waals surface area contributed by atoms with Crippen molar-refractivity contribution in [2.45, 2.75) is 59.0 Å². The zero-order chi connectivity index (χ0) is 11.7. The molecule has 1 nitrogen and oxygen atoms in total. The predicted molar refractivity (Wildman–Crippen MR) is 66.0 cm³/mol. The van der Waals surface area contributed by atoms with E-state index < -0.39 is 0 Å². The van der Waals surface area contributed by atoms with Gasteiger partial charge in [-0.2, -0.15) is 0 Å². The van der Waals surface area contributed by atoms with Crippen molar-refractivity contribution in [1.82, 2.24) is 0 Å². The van der Waals surface area contributed by atoms with Gasteiger partial charge in [-0.25, -0.2) is 0 Å². The molecular weight excluding hydrogens is 196 g/mol. The van der Waals surface area contributed by atoms with E-state index >= 15 is 0 Å². The molecule has 3 aliphatic rings. The van der Waals surface area contributed by atoms with Crippen LogP contribution in [-0.2, 0) is 0 Å². The lowest BCUT2D eigenvalue weighted by molar-refractivity contribution is 0.0170. The molecule has 1 N–H and O–H groups in total. The molecule has 1 heteroatoms. The summed E-state index contributed by atoms with van der Waals surface area (Å²) < 4.78 is 0. The first-order chi connectivity index (χ1) is 7.33. The van der Waals surface area contributed by atoms with Crippen molar-refractivity contribution in [3.63, 3.8) is 0 Å². The molecule has 0 bridgehead atoms. The molecule has 0 radical (unpaired) electrons. The first-order valence-corrected chi connectivity index (χ1v) is 7.05. The fourth-order valence-corrected chi connectivity index (χ4v) is 5.27. The second-order valence-electron chi connectivity index (χ2n) is 7.75. The average molecular weight is 222 g/mol. The minimum absolute atomic E-state index is 0.389. The zero-order valence-electron chi connectivity index (χ0n) is 11.2. The van der Waals surface area contributed by atoms with E-state index in [9.17, 15) is 5.11 Å². The minimum Gasteiger partial charge on any atom is -0.390 e. The maximum absolute atomic E-state index is 10.5.